The number of hydrogen-bond donors (Lipinski definition) is 10. The summed E-state index contributed by atoms with van der Waals surface area (Å²) in [5.41, 5.74) is 0. The first-order valence-electron chi connectivity index (χ1n) is 16.5. The van der Waals surface area contributed by atoms with Gasteiger partial charge in [-0.05, 0) is 12.8 Å². The highest BCUT2D eigenvalue weighted by molar-refractivity contribution is 5.73. The Kier molecular flexibility index (Phi) is 17.4. The zero-order valence-corrected chi connectivity index (χ0v) is 27.6. The van der Waals surface area contributed by atoms with Crippen LogP contribution in [0.5, 0.6) is 0 Å². The standard InChI is InChI=1S/C30H53NO18/c1-14(34)31-19-23(39)20(36)15(11-32)46-28(19)49-27-25(41)21(37)16(12-33)47-30(27)45-13-17-22(38)24(40)26(42)29(48-17)44-10-8-6-4-3-5-7-9-18(35)43-2/h15-17,19-30,32-33,36-42H,3-13H2,1-2H3,(H,31,34)/t15-,16-,17-,19-,20-,21-,22-,23-,24+,25+,26+,27+,28+,29-,30+/m1/s1. The second-order valence-corrected chi connectivity index (χ2v) is 12.4. The molecule has 3 heterocycles. The number of aliphatic hydroxyl groups excluding tert-OH is 9. The lowest BCUT2D eigenvalue weighted by atomic mass is 9.95. The largest absolute Gasteiger partial charge is 0.469 e. The summed E-state index contributed by atoms with van der Waals surface area (Å²) in [6.45, 7) is -0.770. The maximum atomic E-state index is 11.8. The predicted molar refractivity (Wildman–Crippen MR) is 161 cm³/mol. The van der Waals surface area contributed by atoms with Gasteiger partial charge in [0.1, 0.15) is 73.2 Å². The fourth-order valence-corrected chi connectivity index (χ4v) is 5.84. The van der Waals surface area contributed by atoms with E-state index in [1.807, 2.05) is 0 Å². The third-order valence-electron chi connectivity index (χ3n) is 8.74. The Balaban J connectivity index is 1.61. The molecule has 49 heavy (non-hydrogen) atoms. The molecule has 3 saturated heterocycles. The van der Waals surface area contributed by atoms with E-state index in [1.165, 1.54) is 7.11 Å². The monoisotopic (exact) mass is 715 g/mol. The van der Waals surface area contributed by atoms with E-state index in [1.54, 1.807) is 0 Å². The third kappa shape index (κ3) is 11.4. The number of unbranched alkanes of at least 4 members (excludes halogenated alkanes) is 5. The molecule has 0 saturated carbocycles. The second kappa shape index (κ2) is 20.4. The van der Waals surface area contributed by atoms with Crippen LogP contribution in [0.2, 0.25) is 0 Å². The molecule has 0 unspecified atom stereocenters. The first-order chi connectivity index (χ1) is 23.3. The van der Waals surface area contributed by atoms with E-state index in [4.69, 9.17) is 28.4 Å². The molecule has 19 heteroatoms. The van der Waals surface area contributed by atoms with Crippen LogP contribution >= 0.6 is 0 Å². The number of nitrogens with one attached hydrogen (secondary N) is 1. The van der Waals surface area contributed by atoms with Gasteiger partial charge in [0, 0.05) is 20.0 Å². The van der Waals surface area contributed by atoms with Crippen LogP contribution in [0.1, 0.15) is 51.9 Å². The summed E-state index contributed by atoms with van der Waals surface area (Å²) in [7, 11) is 1.35. The molecule has 0 aromatic carbocycles. The number of aliphatic hydroxyl groups is 9. The SMILES string of the molecule is COC(=O)CCCCCCCCO[C@@H]1O[C@H](CO[C@H]2O[C@H](CO)[C@@H](O)[C@H](O)[C@@H]2O[C@@H]2O[C@H](CO)[C@@H](O)[C@H](O)[C@H]2NC(C)=O)[C@@H](O)[C@H](O)[C@@H]1O. The second-order valence-electron chi connectivity index (χ2n) is 12.4. The van der Waals surface area contributed by atoms with Crippen molar-refractivity contribution in [3.8, 4) is 0 Å². The lowest BCUT2D eigenvalue weighted by molar-refractivity contribution is -0.363. The molecule has 3 aliphatic rings. The molecule has 0 radical (unpaired) electrons. The molecule has 1 amide bonds. The number of rotatable bonds is 18. The predicted octanol–water partition coefficient (Wildman–Crippen LogP) is -4.50. The Hall–Kier alpha value is -1.66. The number of hydrogen-bond acceptors (Lipinski definition) is 18. The molecular weight excluding hydrogens is 662 g/mol. The summed E-state index contributed by atoms with van der Waals surface area (Å²) < 4.78 is 38.7. The zero-order chi connectivity index (χ0) is 36.2. The van der Waals surface area contributed by atoms with Crippen molar-refractivity contribution in [2.24, 2.45) is 0 Å². The van der Waals surface area contributed by atoms with Gasteiger partial charge in [0.15, 0.2) is 18.9 Å². The van der Waals surface area contributed by atoms with Crippen LogP contribution in [0.4, 0.5) is 0 Å². The zero-order valence-electron chi connectivity index (χ0n) is 27.6. The highest BCUT2D eigenvalue weighted by atomic mass is 16.8. The van der Waals surface area contributed by atoms with Gasteiger partial charge in [-0.15, -0.1) is 0 Å². The van der Waals surface area contributed by atoms with Crippen LogP contribution in [-0.4, -0.2) is 183 Å². The van der Waals surface area contributed by atoms with Gasteiger partial charge >= 0.3 is 5.97 Å². The van der Waals surface area contributed by atoms with Gasteiger partial charge in [-0.1, -0.05) is 25.7 Å². The summed E-state index contributed by atoms with van der Waals surface area (Å²) in [6, 6.07) is -1.42. The van der Waals surface area contributed by atoms with E-state index in [-0.39, 0.29) is 12.6 Å². The average Bonchev–Trinajstić information content (AvgIpc) is 3.08. The van der Waals surface area contributed by atoms with E-state index in [9.17, 15) is 55.5 Å². The maximum Gasteiger partial charge on any atom is 0.305 e. The van der Waals surface area contributed by atoms with Crippen molar-refractivity contribution in [2.75, 3.05) is 33.5 Å². The minimum atomic E-state index is -1.82. The van der Waals surface area contributed by atoms with Gasteiger partial charge in [-0.25, -0.2) is 0 Å². The molecule has 15 atom stereocenters. The van der Waals surface area contributed by atoms with E-state index in [0.717, 1.165) is 39.0 Å². The Morgan fingerprint density at radius 3 is 1.80 bits per heavy atom. The Morgan fingerprint density at radius 1 is 0.633 bits per heavy atom. The first-order valence-corrected chi connectivity index (χ1v) is 16.5. The Bertz CT molecular complexity index is 995. The summed E-state index contributed by atoms with van der Waals surface area (Å²) in [5.74, 6) is -0.886. The van der Waals surface area contributed by atoms with Gasteiger partial charge in [-0.3, -0.25) is 9.59 Å². The van der Waals surface area contributed by atoms with Crippen molar-refractivity contribution in [3.63, 3.8) is 0 Å². The van der Waals surface area contributed by atoms with Crippen LogP contribution in [0.25, 0.3) is 0 Å². The fraction of sp³-hybridized carbons (Fsp3) is 0.933. The molecule has 19 nitrogen and oxygen atoms in total. The average molecular weight is 716 g/mol. The minimum absolute atomic E-state index is 0.163. The van der Waals surface area contributed by atoms with E-state index in [2.05, 4.69) is 10.1 Å². The van der Waals surface area contributed by atoms with Crippen molar-refractivity contribution in [3.05, 3.63) is 0 Å². The van der Waals surface area contributed by atoms with Gasteiger partial charge < -0.3 is 84.4 Å². The number of ether oxygens (including phenoxy) is 7. The quantitative estimate of drug-likeness (QED) is 0.0472. The molecule has 0 bridgehead atoms. The summed E-state index contributed by atoms with van der Waals surface area (Å²) >= 11 is 0. The number of carbonyl (C=O) groups excluding carboxylic acids is 2. The lowest BCUT2D eigenvalue weighted by Gasteiger charge is -2.47. The van der Waals surface area contributed by atoms with Crippen molar-refractivity contribution in [2.45, 2.75) is 144 Å². The smallest absolute Gasteiger partial charge is 0.305 e. The van der Waals surface area contributed by atoms with Crippen molar-refractivity contribution in [1.29, 1.82) is 0 Å². The first kappa shape index (κ1) is 41.8. The van der Waals surface area contributed by atoms with Crippen molar-refractivity contribution in [1.82, 2.24) is 5.32 Å². The van der Waals surface area contributed by atoms with Crippen molar-refractivity contribution < 1.29 is 88.7 Å². The molecule has 0 aromatic heterocycles. The van der Waals surface area contributed by atoms with Crippen LogP contribution < -0.4 is 5.32 Å². The van der Waals surface area contributed by atoms with Crippen molar-refractivity contribution >= 4 is 11.9 Å². The molecule has 286 valence electrons. The van der Waals surface area contributed by atoms with Crippen LogP contribution in [0.3, 0.4) is 0 Å². The Morgan fingerprint density at radius 2 is 1.18 bits per heavy atom. The van der Waals surface area contributed by atoms with Crippen LogP contribution in [0, 0.1) is 0 Å². The summed E-state index contributed by atoms with van der Waals surface area (Å²) in [5, 5.41) is 95.8. The van der Waals surface area contributed by atoms with E-state index in [0.29, 0.717) is 12.8 Å². The number of carbonyl (C=O) groups is 2. The normalized spacial score (nSPS) is 39.8. The molecule has 3 fully saturated rings. The molecule has 0 aliphatic carbocycles. The summed E-state index contributed by atoms with van der Waals surface area (Å²) in [6.07, 6.45) is -16.9. The molecule has 3 aliphatic heterocycles. The number of methoxy groups -OCH3 is 1. The summed E-state index contributed by atoms with van der Waals surface area (Å²) in [4.78, 5) is 23.0. The highest BCUT2D eigenvalue weighted by Crippen LogP contribution is 2.31. The lowest BCUT2D eigenvalue weighted by Crippen LogP contribution is -2.67. The van der Waals surface area contributed by atoms with Gasteiger partial charge in [0.25, 0.3) is 0 Å². The topological polar surface area (TPSA) is 293 Å². The highest BCUT2D eigenvalue weighted by Gasteiger charge is 2.52. The Labute approximate surface area is 283 Å². The van der Waals surface area contributed by atoms with Crippen LogP contribution in [-0.2, 0) is 42.7 Å². The van der Waals surface area contributed by atoms with Crippen LogP contribution in [0.15, 0.2) is 0 Å². The van der Waals surface area contributed by atoms with Gasteiger partial charge in [0.05, 0.1) is 26.9 Å². The fourth-order valence-electron chi connectivity index (χ4n) is 5.84. The molecule has 10 N–H and O–H groups in total. The molecule has 3 rings (SSSR count). The van der Waals surface area contributed by atoms with E-state index < -0.39 is 118 Å². The minimum Gasteiger partial charge on any atom is -0.469 e. The number of amides is 1. The van der Waals surface area contributed by atoms with E-state index >= 15 is 0 Å². The third-order valence-corrected chi connectivity index (χ3v) is 8.74. The van der Waals surface area contributed by atoms with Gasteiger partial charge in [-0.2, -0.15) is 0 Å². The van der Waals surface area contributed by atoms with Gasteiger partial charge in [0.2, 0.25) is 5.91 Å². The maximum absolute atomic E-state index is 11.8. The molecule has 0 aromatic rings. The number of esters is 1. The molecule has 0 spiro atoms. The molecular formula is C30H53NO18.